The van der Waals surface area contributed by atoms with Crippen molar-refractivity contribution in [3.8, 4) is 11.3 Å². The van der Waals surface area contributed by atoms with Crippen LogP contribution >= 0.6 is 0 Å². The Morgan fingerprint density at radius 3 is 2.40 bits per heavy atom. The Balaban J connectivity index is 1.65. The van der Waals surface area contributed by atoms with Crippen LogP contribution in [0.15, 0.2) is 36.4 Å². The first kappa shape index (κ1) is 32.1. The number of fused-ring (bicyclic) bond motifs is 1. The molecule has 0 unspecified atom stereocenters. The molecule has 45 heavy (non-hydrogen) atoms. The summed E-state index contributed by atoms with van der Waals surface area (Å²) in [5, 5.41) is 5.76. The molecular formula is C31H34F5N7O2. The molecular weight excluding hydrogens is 597 g/mol. The molecule has 240 valence electrons. The Kier molecular flexibility index (Phi) is 9.23. The molecule has 0 atom stereocenters. The van der Waals surface area contributed by atoms with E-state index in [-0.39, 0.29) is 35.3 Å². The van der Waals surface area contributed by atoms with Crippen LogP contribution in [0.25, 0.3) is 11.3 Å². The number of nitrogens with one attached hydrogen (secondary N) is 2. The largest absolute Gasteiger partial charge is 0.471 e. The predicted octanol–water partition coefficient (Wildman–Crippen LogP) is 6.29. The molecule has 3 heterocycles. The van der Waals surface area contributed by atoms with Crippen LogP contribution in [0.4, 0.5) is 49.9 Å². The molecule has 0 spiro atoms. The van der Waals surface area contributed by atoms with Gasteiger partial charge < -0.3 is 20.4 Å². The highest BCUT2D eigenvalue weighted by Gasteiger charge is 2.44. The average molecular weight is 632 g/mol. The molecule has 2 aliphatic heterocycles. The fourth-order valence-electron chi connectivity index (χ4n) is 5.68. The van der Waals surface area contributed by atoms with Gasteiger partial charge in [0.05, 0.1) is 12.2 Å². The second kappa shape index (κ2) is 13.0. The Bertz CT molecular complexity index is 1570. The fourth-order valence-corrected chi connectivity index (χ4v) is 5.68. The normalized spacial score (nSPS) is 15.6. The first-order chi connectivity index (χ1) is 21.4. The van der Waals surface area contributed by atoms with Crippen molar-refractivity contribution in [2.24, 2.45) is 0 Å². The highest BCUT2D eigenvalue weighted by atomic mass is 19.4. The van der Waals surface area contributed by atoms with Crippen LogP contribution in [0, 0.1) is 18.6 Å². The maximum absolute atomic E-state index is 15.0. The summed E-state index contributed by atoms with van der Waals surface area (Å²) < 4.78 is 70.7. The highest BCUT2D eigenvalue weighted by Crippen LogP contribution is 2.40. The van der Waals surface area contributed by atoms with Gasteiger partial charge >= 0.3 is 18.1 Å². The van der Waals surface area contributed by atoms with E-state index in [1.807, 2.05) is 0 Å². The molecule has 9 nitrogen and oxygen atoms in total. The number of benzene rings is 2. The van der Waals surface area contributed by atoms with E-state index in [9.17, 15) is 22.8 Å². The van der Waals surface area contributed by atoms with Crippen molar-refractivity contribution in [2.45, 2.75) is 58.8 Å². The molecule has 0 aliphatic carbocycles. The van der Waals surface area contributed by atoms with Crippen molar-refractivity contribution in [1.82, 2.24) is 20.2 Å². The highest BCUT2D eigenvalue weighted by molar-refractivity contribution is 6.02. The lowest BCUT2D eigenvalue weighted by atomic mass is 9.98. The molecule has 1 saturated heterocycles. The summed E-state index contributed by atoms with van der Waals surface area (Å²) >= 11 is 0. The third-order valence-corrected chi connectivity index (χ3v) is 7.87. The number of halogens is 5. The minimum atomic E-state index is -5.11. The van der Waals surface area contributed by atoms with Crippen molar-refractivity contribution in [1.29, 1.82) is 0 Å². The Hall–Kier alpha value is -4.33. The van der Waals surface area contributed by atoms with E-state index in [0.29, 0.717) is 29.1 Å². The number of alkyl halides is 3. The molecule has 0 radical (unpaired) electrons. The molecule has 1 fully saturated rings. The van der Waals surface area contributed by atoms with Gasteiger partial charge in [0, 0.05) is 35.9 Å². The summed E-state index contributed by atoms with van der Waals surface area (Å²) in [4.78, 5) is 38.5. The number of anilines is 4. The Labute approximate surface area is 257 Å². The number of amides is 3. The van der Waals surface area contributed by atoms with Gasteiger partial charge in [-0.15, -0.1) is 0 Å². The second-order valence-electron chi connectivity index (χ2n) is 11.4. The number of aromatic nitrogens is 2. The summed E-state index contributed by atoms with van der Waals surface area (Å²) in [6.45, 7) is 7.55. The topological polar surface area (TPSA) is 93.7 Å². The van der Waals surface area contributed by atoms with Gasteiger partial charge in [-0.3, -0.25) is 4.79 Å². The molecule has 3 amide bonds. The minimum absolute atomic E-state index is 0.0169. The zero-order valence-electron chi connectivity index (χ0n) is 25.1. The maximum atomic E-state index is 15.0. The van der Waals surface area contributed by atoms with Crippen LogP contribution in [0.3, 0.4) is 0 Å². The van der Waals surface area contributed by atoms with Gasteiger partial charge in [0.2, 0.25) is 5.95 Å². The number of piperidine rings is 1. The first-order valence-electron chi connectivity index (χ1n) is 14.8. The second-order valence-corrected chi connectivity index (χ2v) is 11.4. The number of carbonyl (C=O) groups excluding carboxylic acids is 2. The standard InChI is InChI=1S/C31H34F5N7O2/c1-18(2)42(28(44)31(34,35)36)20-11-10-19(3)21(16-20)25-22-17-38-30(45)43(26-23(32)8-7-9-24(26)33)27(22)40-29(39-25)37-12-15-41-13-5-4-6-14-41/h7-11,16,18H,4-6,12-15,17H2,1-3H3,(H,38,45)(H,37,39,40). The SMILES string of the molecule is Cc1ccc(N(C(=O)C(F)(F)F)C(C)C)cc1-c1nc(NCCN2CCCCC2)nc2c1CNC(=O)N2c1c(F)cccc1F. The van der Waals surface area contributed by atoms with Gasteiger partial charge in [-0.05, 0) is 76.5 Å². The van der Waals surface area contributed by atoms with E-state index in [2.05, 4.69) is 20.5 Å². The smallest absolute Gasteiger partial charge is 0.353 e. The molecule has 0 bridgehead atoms. The van der Waals surface area contributed by atoms with Gasteiger partial charge in [-0.2, -0.15) is 18.2 Å². The number of para-hydroxylation sites is 1. The molecule has 0 saturated carbocycles. The molecule has 14 heteroatoms. The van der Waals surface area contributed by atoms with E-state index in [1.165, 1.54) is 38.5 Å². The van der Waals surface area contributed by atoms with Crippen molar-refractivity contribution >= 4 is 35.1 Å². The number of likely N-dealkylation sites (tertiary alicyclic amines) is 1. The number of urea groups is 1. The maximum Gasteiger partial charge on any atom is 0.471 e. The molecule has 2 aromatic carbocycles. The monoisotopic (exact) mass is 631 g/mol. The Morgan fingerprint density at radius 2 is 1.76 bits per heavy atom. The minimum Gasteiger partial charge on any atom is -0.353 e. The van der Waals surface area contributed by atoms with Gasteiger partial charge in [0.1, 0.15) is 17.3 Å². The van der Waals surface area contributed by atoms with E-state index in [0.717, 1.165) is 43.0 Å². The summed E-state index contributed by atoms with van der Waals surface area (Å²) in [7, 11) is 0. The number of rotatable bonds is 8. The lowest BCUT2D eigenvalue weighted by Gasteiger charge is -2.31. The molecule has 3 aromatic rings. The van der Waals surface area contributed by atoms with Gasteiger partial charge in [0.15, 0.2) is 5.82 Å². The number of hydrogen-bond donors (Lipinski definition) is 2. The van der Waals surface area contributed by atoms with Crippen LogP contribution in [-0.4, -0.2) is 65.2 Å². The van der Waals surface area contributed by atoms with Crippen LogP contribution in [0.1, 0.15) is 44.2 Å². The van der Waals surface area contributed by atoms with Crippen molar-refractivity contribution in [3.05, 3.63) is 59.2 Å². The van der Waals surface area contributed by atoms with Crippen molar-refractivity contribution < 1.29 is 31.5 Å². The van der Waals surface area contributed by atoms with Crippen LogP contribution < -0.4 is 20.4 Å². The van der Waals surface area contributed by atoms with Gasteiger partial charge in [-0.25, -0.2) is 23.5 Å². The number of hydrogen-bond acceptors (Lipinski definition) is 6. The van der Waals surface area contributed by atoms with E-state index >= 15 is 8.78 Å². The summed E-state index contributed by atoms with van der Waals surface area (Å²) in [6, 6.07) is 5.96. The molecule has 1 aromatic heterocycles. The van der Waals surface area contributed by atoms with Crippen LogP contribution in [0.2, 0.25) is 0 Å². The number of nitrogens with zero attached hydrogens (tertiary/aromatic N) is 5. The first-order valence-corrected chi connectivity index (χ1v) is 14.8. The summed E-state index contributed by atoms with van der Waals surface area (Å²) in [6.07, 6.45) is -1.74. The quantitative estimate of drug-likeness (QED) is 0.284. The third kappa shape index (κ3) is 6.70. The molecule has 2 aliphatic rings. The van der Waals surface area contributed by atoms with Crippen LogP contribution in [0.5, 0.6) is 0 Å². The van der Waals surface area contributed by atoms with Crippen molar-refractivity contribution in [3.63, 3.8) is 0 Å². The summed E-state index contributed by atoms with van der Waals surface area (Å²) in [5.41, 5.74) is 0.824. The lowest BCUT2D eigenvalue weighted by molar-refractivity contribution is -0.170. The van der Waals surface area contributed by atoms with Crippen LogP contribution in [-0.2, 0) is 11.3 Å². The van der Waals surface area contributed by atoms with Gasteiger partial charge in [-0.1, -0.05) is 18.6 Å². The number of aryl methyl sites for hydroxylation is 1. The molecule has 5 rings (SSSR count). The Morgan fingerprint density at radius 1 is 1.07 bits per heavy atom. The van der Waals surface area contributed by atoms with E-state index < -0.39 is 41.5 Å². The zero-order valence-corrected chi connectivity index (χ0v) is 25.1. The van der Waals surface area contributed by atoms with Gasteiger partial charge in [0.25, 0.3) is 0 Å². The fraction of sp³-hybridized carbons (Fsp3) is 0.419. The number of carbonyl (C=O) groups is 2. The average Bonchev–Trinajstić information content (AvgIpc) is 2.98. The summed E-state index contributed by atoms with van der Waals surface area (Å²) in [5.74, 6) is -4.02. The predicted molar refractivity (Wildman–Crippen MR) is 160 cm³/mol. The molecule has 2 N–H and O–H groups in total. The van der Waals surface area contributed by atoms with Crippen molar-refractivity contribution in [2.75, 3.05) is 41.3 Å². The zero-order chi connectivity index (χ0) is 32.5. The van der Waals surface area contributed by atoms with E-state index in [1.54, 1.807) is 13.0 Å². The third-order valence-electron chi connectivity index (χ3n) is 7.87. The van der Waals surface area contributed by atoms with E-state index in [4.69, 9.17) is 4.98 Å². The lowest BCUT2D eigenvalue weighted by Crippen LogP contribution is -2.45.